The van der Waals surface area contributed by atoms with Gasteiger partial charge < -0.3 is 10.1 Å². The number of benzene rings is 2. The van der Waals surface area contributed by atoms with Crippen LogP contribution in [0.1, 0.15) is 30.0 Å². The first-order valence-electron chi connectivity index (χ1n) is 7.34. The summed E-state index contributed by atoms with van der Waals surface area (Å²) in [5.74, 6) is 1.71. The van der Waals surface area contributed by atoms with Crippen LogP contribution in [0.2, 0.25) is 5.02 Å². The molecule has 0 spiro atoms. The van der Waals surface area contributed by atoms with Crippen LogP contribution in [-0.2, 0) is 6.54 Å². The lowest BCUT2D eigenvalue weighted by Gasteiger charge is -2.13. The Morgan fingerprint density at radius 1 is 1.10 bits per heavy atom. The summed E-state index contributed by atoms with van der Waals surface area (Å²) < 4.78 is 6.03. The van der Waals surface area contributed by atoms with Crippen molar-refractivity contribution in [2.75, 3.05) is 6.54 Å². The molecule has 0 amide bonds. The molecule has 2 rings (SSSR count). The van der Waals surface area contributed by atoms with Crippen LogP contribution >= 0.6 is 11.6 Å². The average Bonchev–Trinajstić information content (AvgIpc) is 2.46. The van der Waals surface area contributed by atoms with Crippen molar-refractivity contribution < 1.29 is 4.74 Å². The Balaban J connectivity index is 2.19. The van der Waals surface area contributed by atoms with Crippen LogP contribution < -0.4 is 10.1 Å². The number of hydrogen-bond acceptors (Lipinski definition) is 2. The van der Waals surface area contributed by atoms with E-state index < -0.39 is 0 Å². The molecule has 0 radical (unpaired) electrons. The van der Waals surface area contributed by atoms with Gasteiger partial charge >= 0.3 is 0 Å². The van der Waals surface area contributed by atoms with Gasteiger partial charge in [0.1, 0.15) is 11.5 Å². The molecule has 0 unspecified atom stereocenters. The smallest absolute Gasteiger partial charge is 0.131 e. The Labute approximate surface area is 132 Å². The Kier molecular flexibility index (Phi) is 5.66. The zero-order valence-electron chi connectivity index (χ0n) is 12.9. The fraction of sp³-hybridized carbons (Fsp3) is 0.333. The van der Waals surface area contributed by atoms with Crippen molar-refractivity contribution in [3.8, 4) is 11.5 Å². The number of nitrogens with one attached hydrogen (secondary N) is 1. The number of aryl methyl sites for hydroxylation is 2. The van der Waals surface area contributed by atoms with Crippen LogP contribution in [-0.4, -0.2) is 6.54 Å². The number of rotatable bonds is 6. The van der Waals surface area contributed by atoms with E-state index in [0.717, 1.165) is 41.6 Å². The van der Waals surface area contributed by atoms with Crippen molar-refractivity contribution in [1.29, 1.82) is 0 Å². The maximum absolute atomic E-state index is 6.05. The molecule has 0 aliphatic heterocycles. The molecule has 0 saturated heterocycles. The van der Waals surface area contributed by atoms with Gasteiger partial charge in [0.15, 0.2) is 0 Å². The van der Waals surface area contributed by atoms with Crippen LogP contribution in [0.5, 0.6) is 11.5 Å². The fourth-order valence-electron chi connectivity index (χ4n) is 2.15. The van der Waals surface area contributed by atoms with Crippen molar-refractivity contribution in [2.24, 2.45) is 0 Å². The van der Waals surface area contributed by atoms with Crippen LogP contribution in [0.4, 0.5) is 0 Å². The lowest BCUT2D eigenvalue weighted by Crippen LogP contribution is -2.14. The van der Waals surface area contributed by atoms with E-state index in [1.165, 1.54) is 11.1 Å². The zero-order chi connectivity index (χ0) is 15.2. The second kappa shape index (κ2) is 7.48. The molecule has 0 saturated carbocycles. The van der Waals surface area contributed by atoms with E-state index in [1.54, 1.807) is 0 Å². The molecule has 2 aromatic rings. The van der Waals surface area contributed by atoms with Crippen molar-refractivity contribution in [2.45, 2.75) is 33.7 Å². The van der Waals surface area contributed by atoms with Gasteiger partial charge in [0.2, 0.25) is 0 Å². The third kappa shape index (κ3) is 4.48. The first kappa shape index (κ1) is 15.9. The summed E-state index contributed by atoms with van der Waals surface area (Å²) in [6.07, 6.45) is 1.12. The standard InChI is InChI=1S/C18H22ClNO/c1-4-9-20-12-15-10-13(2)5-8-18(15)21-16-6-7-17(19)14(3)11-16/h5-8,10-11,20H,4,9,12H2,1-3H3. The molecule has 21 heavy (non-hydrogen) atoms. The van der Waals surface area contributed by atoms with Crippen molar-refractivity contribution in [3.05, 3.63) is 58.1 Å². The summed E-state index contributed by atoms with van der Waals surface area (Å²) in [6, 6.07) is 12.0. The maximum atomic E-state index is 6.05. The normalized spacial score (nSPS) is 10.7. The molecule has 112 valence electrons. The lowest BCUT2D eigenvalue weighted by molar-refractivity contribution is 0.472. The maximum Gasteiger partial charge on any atom is 0.131 e. The minimum atomic E-state index is 0.760. The molecule has 3 heteroatoms. The van der Waals surface area contributed by atoms with E-state index in [2.05, 4.69) is 31.3 Å². The van der Waals surface area contributed by atoms with Crippen molar-refractivity contribution in [3.63, 3.8) is 0 Å². The predicted octanol–water partition coefficient (Wildman–Crippen LogP) is 5.25. The number of hydrogen-bond donors (Lipinski definition) is 1. The van der Waals surface area contributed by atoms with Gasteiger partial charge in [0, 0.05) is 17.1 Å². The molecule has 2 nitrogen and oxygen atoms in total. The Bertz CT molecular complexity index is 610. The molecular formula is C18H22ClNO. The van der Waals surface area contributed by atoms with E-state index in [4.69, 9.17) is 16.3 Å². The third-order valence-corrected chi connectivity index (χ3v) is 3.74. The number of ether oxygens (including phenoxy) is 1. The molecule has 0 fully saturated rings. The molecule has 0 bridgehead atoms. The van der Waals surface area contributed by atoms with E-state index in [-0.39, 0.29) is 0 Å². The van der Waals surface area contributed by atoms with Crippen LogP contribution in [0.25, 0.3) is 0 Å². The predicted molar refractivity (Wildman–Crippen MR) is 89.4 cm³/mol. The highest BCUT2D eigenvalue weighted by atomic mass is 35.5. The summed E-state index contributed by atoms with van der Waals surface area (Å²) in [5, 5.41) is 4.18. The highest BCUT2D eigenvalue weighted by Crippen LogP contribution is 2.29. The molecule has 1 N–H and O–H groups in total. The average molecular weight is 304 g/mol. The van der Waals surface area contributed by atoms with Gasteiger partial charge in [-0.15, -0.1) is 0 Å². The SMILES string of the molecule is CCCNCc1cc(C)ccc1Oc1ccc(Cl)c(C)c1. The molecule has 0 aromatic heterocycles. The van der Waals surface area contributed by atoms with Gasteiger partial charge in [0.05, 0.1) is 0 Å². The summed E-state index contributed by atoms with van der Waals surface area (Å²) in [4.78, 5) is 0. The van der Waals surface area contributed by atoms with E-state index in [1.807, 2.05) is 31.2 Å². The molecule has 0 atom stereocenters. The highest BCUT2D eigenvalue weighted by Gasteiger charge is 2.06. The molecule has 0 aliphatic carbocycles. The molecule has 2 aromatic carbocycles. The van der Waals surface area contributed by atoms with Crippen LogP contribution in [0.3, 0.4) is 0 Å². The number of halogens is 1. The summed E-state index contributed by atoms with van der Waals surface area (Å²) in [6.45, 7) is 8.07. The fourth-order valence-corrected chi connectivity index (χ4v) is 2.27. The second-order valence-corrected chi connectivity index (χ2v) is 5.71. The lowest BCUT2D eigenvalue weighted by atomic mass is 10.1. The van der Waals surface area contributed by atoms with Gasteiger partial charge in [0.25, 0.3) is 0 Å². The van der Waals surface area contributed by atoms with Crippen LogP contribution in [0, 0.1) is 13.8 Å². The van der Waals surface area contributed by atoms with Gasteiger partial charge in [-0.05, 0) is 56.6 Å². The Morgan fingerprint density at radius 2 is 1.90 bits per heavy atom. The van der Waals surface area contributed by atoms with Crippen molar-refractivity contribution in [1.82, 2.24) is 5.32 Å². The summed E-state index contributed by atoms with van der Waals surface area (Å²) >= 11 is 6.05. The molecule has 0 heterocycles. The topological polar surface area (TPSA) is 21.3 Å². The first-order valence-corrected chi connectivity index (χ1v) is 7.72. The van der Waals surface area contributed by atoms with Gasteiger partial charge in [-0.2, -0.15) is 0 Å². The minimum absolute atomic E-state index is 0.760. The van der Waals surface area contributed by atoms with Gasteiger partial charge in [-0.1, -0.05) is 36.2 Å². The van der Waals surface area contributed by atoms with Gasteiger partial charge in [-0.25, -0.2) is 0 Å². The molecular weight excluding hydrogens is 282 g/mol. The van der Waals surface area contributed by atoms with Crippen molar-refractivity contribution >= 4 is 11.6 Å². The Hall–Kier alpha value is -1.51. The molecule has 0 aliphatic rings. The van der Waals surface area contributed by atoms with E-state index in [0.29, 0.717) is 0 Å². The first-order chi connectivity index (χ1) is 10.1. The van der Waals surface area contributed by atoms with E-state index >= 15 is 0 Å². The second-order valence-electron chi connectivity index (χ2n) is 5.30. The summed E-state index contributed by atoms with van der Waals surface area (Å²) in [7, 11) is 0. The minimum Gasteiger partial charge on any atom is -0.457 e. The zero-order valence-corrected chi connectivity index (χ0v) is 13.6. The quantitative estimate of drug-likeness (QED) is 0.736. The van der Waals surface area contributed by atoms with E-state index in [9.17, 15) is 0 Å². The third-order valence-electron chi connectivity index (χ3n) is 3.32. The largest absolute Gasteiger partial charge is 0.457 e. The van der Waals surface area contributed by atoms with Crippen LogP contribution in [0.15, 0.2) is 36.4 Å². The highest BCUT2D eigenvalue weighted by molar-refractivity contribution is 6.31. The summed E-state index contributed by atoms with van der Waals surface area (Å²) in [5.41, 5.74) is 3.44. The Morgan fingerprint density at radius 3 is 2.62 bits per heavy atom. The van der Waals surface area contributed by atoms with Gasteiger partial charge in [-0.3, -0.25) is 0 Å². The monoisotopic (exact) mass is 303 g/mol.